The lowest BCUT2D eigenvalue weighted by molar-refractivity contribution is -0.144. The molecule has 4 atom stereocenters. The smallest absolute Gasteiger partial charge is 0.326 e. The number of phenols is 1. The van der Waals surface area contributed by atoms with Crippen molar-refractivity contribution >= 4 is 41.5 Å². The Kier molecular flexibility index (Phi) is 12.1. The van der Waals surface area contributed by atoms with E-state index in [-0.39, 0.29) is 12.2 Å². The van der Waals surface area contributed by atoms with E-state index in [2.05, 4.69) is 10.6 Å². The fourth-order valence-electron chi connectivity index (χ4n) is 3.12. The first-order valence-electron chi connectivity index (χ1n) is 11.1. The van der Waals surface area contributed by atoms with Gasteiger partial charge in [0.1, 0.15) is 23.9 Å². The van der Waals surface area contributed by atoms with Gasteiger partial charge >= 0.3 is 17.9 Å². The minimum atomic E-state index is -1.81. The van der Waals surface area contributed by atoms with Crippen molar-refractivity contribution in [3.63, 3.8) is 0 Å². The minimum Gasteiger partial charge on any atom is -0.508 e. The summed E-state index contributed by atoms with van der Waals surface area (Å²) in [5.41, 5.74) is 11.1. The van der Waals surface area contributed by atoms with Crippen LogP contribution < -0.4 is 27.4 Å². The van der Waals surface area contributed by atoms with Crippen molar-refractivity contribution in [1.82, 2.24) is 16.0 Å². The summed E-state index contributed by atoms with van der Waals surface area (Å²) in [6.45, 7) is 0. The van der Waals surface area contributed by atoms with Crippen molar-refractivity contribution in [1.29, 1.82) is 0 Å². The van der Waals surface area contributed by atoms with E-state index in [4.69, 9.17) is 16.6 Å². The minimum absolute atomic E-state index is 0.0867. The molecule has 11 N–H and O–H groups in total. The maximum absolute atomic E-state index is 13.1. The van der Waals surface area contributed by atoms with E-state index in [1.807, 2.05) is 5.32 Å². The summed E-state index contributed by atoms with van der Waals surface area (Å²) >= 11 is 0. The highest BCUT2D eigenvalue weighted by molar-refractivity contribution is 5.96. The van der Waals surface area contributed by atoms with Gasteiger partial charge < -0.3 is 47.8 Å². The van der Waals surface area contributed by atoms with Gasteiger partial charge in [0.05, 0.1) is 18.9 Å². The van der Waals surface area contributed by atoms with Gasteiger partial charge in [0.25, 0.3) is 0 Å². The van der Waals surface area contributed by atoms with Crippen molar-refractivity contribution in [3.8, 4) is 5.75 Å². The molecular weight excluding hydrogens is 510 g/mol. The second-order valence-corrected chi connectivity index (χ2v) is 8.20. The van der Waals surface area contributed by atoms with Crippen molar-refractivity contribution in [2.24, 2.45) is 11.5 Å². The van der Waals surface area contributed by atoms with Crippen LogP contribution in [0.4, 0.5) is 0 Å². The molecule has 0 fully saturated rings. The molecule has 0 bridgehead atoms. The van der Waals surface area contributed by atoms with Crippen molar-refractivity contribution in [2.45, 2.75) is 56.3 Å². The zero-order chi connectivity index (χ0) is 29.0. The molecule has 0 aliphatic heterocycles. The number of nitrogens with one attached hydrogen (secondary N) is 3. The van der Waals surface area contributed by atoms with Gasteiger partial charge in [0.15, 0.2) is 0 Å². The third kappa shape index (κ3) is 11.3. The zero-order valence-electron chi connectivity index (χ0n) is 20.0. The molecule has 0 aliphatic carbocycles. The van der Waals surface area contributed by atoms with E-state index < -0.39 is 91.4 Å². The van der Waals surface area contributed by atoms with Crippen molar-refractivity contribution < 1.29 is 54.0 Å². The first-order chi connectivity index (χ1) is 17.7. The number of hydrogen-bond acceptors (Lipinski definition) is 9. The molecule has 16 nitrogen and oxygen atoms in total. The lowest BCUT2D eigenvalue weighted by Crippen LogP contribution is -2.58. The summed E-state index contributed by atoms with van der Waals surface area (Å²) in [5.74, 6) is -8.66. The number of phenolic OH excluding ortho intramolecular Hbond substituents is 1. The van der Waals surface area contributed by atoms with Crippen LogP contribution in [0, 0.1) is 0 Å². The summed E-state index contributed by atoms with van der Waals surface area (Å²) in [5, 5.41) is 43.1. The molecule has 1 rings (SSSR count). The molecule has 0 saturated carbocycles. The SMILES string of the molecule is NC(=O)CC(N)C(=O)NC(Cc1ccc(O)cc1)C(=O)NC(CC(=O)O)C(=O)NC(CCC(=O)O)C(=O)O. The molecule has 208 valence electrons. The fourth-order valence-corrected chi connectivity index (χ4v) is 3.12. The number of nitrogens with two attached hydrogens (primary N) is 2. The molecule has 1 aromatic rings. The number of carbonyl (C=O) groups excluding carboxylic acids is 4. The van der Waals surface area contributed by atoms with Crippen LogP contribution in [0.2, 0.25) is 0 Å². The Bertz CT molecular complexity index is 1060. The molecule has 0 spiro atoms. The van der Waals surface area contributed by atoms with E-state index in [1.54, 1.807) is 0 Å². The molecule has 16 heteroatoms. The maximum Gasteiger partial charge on any atom is 0.326 e. The molecule has 0 radical (unpaired) electrons. The third-order valence-corrected chi connectivity index (χ3v) is 5.04. The van der Waals surface area contributed by atoms with Gasteiger partial charge in [-0.2, -0.15) is 0 Å². The monoisotopic (exact) mass is 539 g/mol. The largest absolute Gasteiger partial charge is 0.508 e. The number of rotatable bonds is 16. The van der Waals surface area contributed by atoms with Gasteiger partial charge in [0, 0.05) is 12.8 Å². The number of primary amides is 1. The molecule has 4 unspecified atom stereocenters. The number of carboxylic acids is 3. The van der Waals surface area contributed by atoms with E-state index in [0.29, 0.717) is 5.56 Å². The highest BCUT2D eigenvalue weighted by Gasteiger charge is 2.32. The second-order valence-electron chi connectivity index (χ2n) is 8.20. The molecule has 0 aliphatic rings. The first-order valence-corrected chi connectivity index (χ1v) is 11.1. The van der Waals surface area contributed by atoms with E-state index in [9.17, 15) is 48.9 Å². The quantitative estimate of drug-likeness (QED) is 0.102. The molecule has 0 heterocycles. The molecule has 0 saturated heterocycles. The van der Waals surface area contributed by atoms with Gasteiger partial charge in [-0.25, -0.2) is 4.79 Å². The van der Waals surface area contributed by atoms with Crippen LogP contribution in [0.1, 0.15) is 31.2 Å². The summed E-state index contributed by atoms with van der Waals surface area (Å²) < 4.78 is 0. The standard InChI is InChI=1S/C22H29N5O11/c23-12(8-16(24)29)19(34)26-14(7-10-1-3-11(28)4-2-10)20(35)27-15(9-18(32)33)21(36)25-13(22(37)38)5-6-17(30)31/h1-4,12-15,28H,5-9,23H2,(H2,24,29)(H,25,36)(H,26,34)(H,27,35)(H,30,31)(H,32,33)(H,37,38). The number of carboxylic acid groups (broad SMARTS) is 3. The molecular formula is C22H29N5O11. The Morgan fingerprint density at radius 1 is 0.737 bits per heavy atom. The Labute approximate surface area is 215 Å². The van der Waals surface area contributed by atoms with Crippen LogP contribution in [0.3, 0.4) is 0 Å². The fraction of sp³-hybridized carbons (Fsp3) is 0.409. The molecule has 38 heavy (non-hydrogen) atoms. The lowest BCUT2D eigenvalue weighted by atomic mass is 10.0. The first kappa shape index (κ1) is 31.3. The van der Waals surface area contributed by atoms with Crippen LogP contribution in [-0.4, -0.2) is 86.1 Å². The summed E-state index contributed by atoms with van der Waals surface area (Å²) in [4.78, 5) is 82.7. The van der Waals surface area contributed by atoms with E-state index >= 15 is 0 Å². The number of aromatic hydroxyl groups is 1. The Morgan fingerprint density at radius 3 is 1.76 bits per heavy atom. The summed E-state index contributed by atoms with van der Waals surface area (Å²) in [6.07, 6.45) is -2.87. The second kappa shape index (κ2) is 14.7. The highest BCUT2D eigenvalue weighted by atomic mass is 16.4. The average Bonchev–Trinajstić information content (AvgIpc) is 2.80. The van der Waals surface area contributed by atoms with Gasteiger partial charge in [0.2, 0.25) is 23.6 Å². The number of amides is 4. The van der Waals surface area contributed by atoms with Crippen LogP contribution in [-0.2, 0) is 40.0 Å². The zero-order valence-corrected chi connectivity index (χ0v) is 20.0. The Balaban J connectivity index is 3.15. The predicted molar refractivity (Wildman–Crippen MR) is 126 cm³/mol. The van der Waals surface area contributed by atoms with Crippen LogP contribution >= 0.6 is 0 Å². The maximum atomic E-state index is 13.1. The highest BCUT2D eigenvalue weighted by Crippen LogP contribution is 2.12. The van der Waals surface area contributed by atoms with E-state index in [0.717, 1.165) is 0 Å². The van der Waals surface area contributed by atoms with Gasteiger partial charge in [-0.3, -0.25) is 28.8 Å². The van der Waals surface area contributed by atoms with E-state index in [1.165, 1.54) is 24.3 Å². The summed E-state index contributed by atoms with van der Waals surface area (Å²) in [7, 11) is 0. The lowest BCUT2D eigenvalue weighted by Gasteiger charge is -2.24. The van der Waals surface area contributed by atoms with Crippen molar-refractivity contribution in [2.75, 3.05) is 0 Å². The molecule has 1 aromatic carbocycles. The van der Waals surface area contributed by atoms with Crippen molar-refractivity contribution in [3.05, 3.63) is 29.8 Å². The normalized spacial score (nSPS) is 13.7. The topological polar surface area (TPSA) is 289 Å². The number of carbonyl (C=O) groups is 7. The van der Waals surface area contributed by atoms with Crippen LogP contribution in [0.25, 0.3) is 0 Å². The average molecular weight is 539 g/mol. The number of aliphatic carboxylic acids is 3. The third-order valence-electron chi connectivity index (χ3n) is 5.04. The Hall–Kier alpha value is -4.73. The number of hydrogen-bond donors (Lipinski definition) is 9. The predicted octanol–water partition coefficient (Wildman–Crippen LogP) is -2.98. The molecule has 0 aromatic heterocycles. The van der Waals surface area contributed by atoms with Crippen LogP contribution in [0.5, 0.6) is 5.75 Å². The van der Waals surface area contributed by atoms with Gasteiger partial charge in [-0.1, -0.05) is 12.1 Å². The Morgan fingerprint density at radius 2 is 1.26 bits per heavy atom. The summed E-state index contributed by atoms with van der Waals surface area (Å²) in [6, 6.07) is -0.942. The van der Waals surface area contributed by atoms with Gasteiger partial charge in [-0.05, 0) is 24.1 Å². The van der Waals surface area contributed by atoms with Gasteiger partial charge in [-0.15, -0.1) is 0 Å². The molecule has 4 amide bonds. The number of benzene rings is 1. The van der Waals surface area contributed by atoms with Crippen LogP contribution in [0.15, 0.2) is 24.3 Å².